The summed E-state index contributed by atoms with van der Waals surface area (Å²) < 4.78 is 40.5. The molecule has 1 aliphatic rings. The van der Waals surface area contributed by atoms with Gasteiger partial charge in [0.1, 0.15) is 28.5 Å². The molecule has 2 aromatic heterocycles. The predicted molar refractivity (Wildman–Crippen MR) is 112 cm³/mol. The highest BCUT2D eigenvalue weighted by molar-refractivity contribution is 7.92. The first-order valence-electron chi connectivity index (χ1n) is 9.36. The number of hydrogen-bond acceptors (Lipinski definition) is 6. The third-order valence-electron chi connectivity index (χ3n) is 4.37. The van der Waals surface area contributed by atoms with Gasteiger partial charge in [0, 0.05) is 24.3 Å². The minimum Gasteiger partial charge on any atom is -0.489 e. The molecule has 30 heavy (non-hydrogen) atoms. The number of pyridine rings is 1. The Morgan fingerprint density at radius 2 is 2.03 bits per heavy atom. The van der Waals surface area contributed by atoms with Crippen molar-refractivity contribution in [2.45, 2.75) is 31.3 Å². The Hall–Kier alpha value is -3.27. The molecule has 1 N–H and O–H groups in total. The van der Waals surface area contributed by atoms with Crippen LogP contribution in [0.5, 0.6) is 5.75 Å². The van der Waals surface area contributed by atoms with Crippen molar-refractivity contribution in [1.82, 2.24) is 9.38 Å². The molecule has 0 bridgehead atoms. The van der Waals surface area contributed by atoms with Crippen molar-refractivity contribution in [3.8, 4) is 5.75 Å². The van der Waals surface area contributed by atoms with E-state index in [2.05, 4.69) is 10.3 Å². The van der Waals surface area contributed by atoms with Crippen molar-refractivity contribution >= 4 is 33.1 Å². The van der Waals surface area contributed by atoms with Crippen molar-refractivity contribution in [3.05, 3.63) is 48.9 Å². The monoisotopic (exact) mass is 430 g/mol. The summed E-state index contributed by atoms with van der Waals surface area (Å²) in [6.45, 7) is 5.65. The molecule has 0 unspecified atom stereocenters. The highest BCUT2D eigenvalue weighted by Crippen LogP contribution is 2.37. The van der Waals surface area contributed by atoms with Crippen molar-refractivity contribution < 1.29 is 22.7 Å². The number of rotatable bonds is 3. The van der Waals surface area contributed by atoms with Gasteiger partial charge in [0.25, 0.3) is 10.0 Å². The van der Waals surface area contributed by atoms with Crippen LogP contribution in [-0.2, 0) is 14.8 Å². The number of benzene rings is 1. The SMILES string of the molecule is CC(C)(C)OC(=O)Nc1ccc2c(c1)N(S(=O)(=O)c1ccc3nccn3c1)CCO2. The molecule has 9 nitrogen and oxygen atoms in total. The summed E-state index contributed by atoms with van der Waals surface area (Å²) in [4.78, 5) is 16.4. The number of sulfonamides is 1. The number of fused-ring (bicyclic) bond motifs is 2. The van der Waals surface area contributed by atoms with E-state index in [1.165, 1.54) is 16.6 Å². The molecule has 10 heteroatoms. The molecule has 4 rings (SSSR count). The molecule has 0 spiro atoms. The van der Waals surface area contributed by atoms with Gasteiger partial charge < -0.3 is 13.9 Å². The lowest BCUT2D eigenvalue weighted by atomic mass is 10.2. The van der Waals surface area contributed by atoms with Gasteiger partial charge in [-0.25, -0.2) is 18.2 Å². The van der Waals surface area contributed by atoms with Gasteiger partial charge in [-0.1, -0.05) is 0 Å². The van der Waals surface area contributed by atoms with Crippen molar-refractivity contribution in [1.29, 1.82) is 0 Å². The Bertz CT molecular complexity index is 1210. The van der Waals surface area contributed by atoms with Crippen LogP contribution in [0.4, 0.5) is 16.2 Å². The lowest BCUT2D eigenvalue weighted by Crippen LogP contribution is -2.38. The molecular weight excluding hydrogens is 408 g/mol. The lowest BCUT2D eigenvalue weighted by molar-refractivity contribution is 0.0636. The minimum atomic E-state index is -3.86. The van der Waals surface area contributed by atoms with Crippen molar-refractivity contribution in [2.24, 2.45) is 0 Å². The van der Waals surface area contributed by atoms with Crippen LogP contribution in [0.25, 0.3) is 5.65 Å². The molecule has 3 heterocycles. The Morgan fingerprint density at radius 3 is 2.80 bits per heavy atom. The van der Waals surface area contributed by atoms with Gasteiger partial charge in [-0.3, -0.25) is 9.62 Å². The highest BCUT2D eigenvalue weighted by atomic mass is 32.2. The highest BCUT2D eigenvalue weighted by Gasteiger charge is 2.31. The molecule has 3 aromatic rings. The molecule has 158 valence electrons. The number of hydrogen-bond donors (Lipinski definition) is 1. The fourth-order valence-electron chi connectivity index (χ4n) is 3.12. The normalized spacial score (nSPS) is 14.2. The molecule has 0 radical (unpaired) electrons. The number of imidazole rings is 1. The van der Waals surface area contributed by atoms with E-state index >= 15 is 0 Å². The van der Waals surface area contributed by atoms with Gasteiger partial charge in [-0.15, -0.1) is 0 Å². The van der Waals surface area contributed by atoms with Gasteiger partial charge >= 0.3 is 6.09 Å². The topological polar surface area (TPSA) is 102 Å². The number of nitrogens with zero attached hydrogens (tertiary/aromatic N) is 3. The first-order valence-corrected chi connectivity index (χ1v) is 10.8. The molecule has 1 aromatic carbocycles. The number of anilines is 2. The van der Waals surface area contributed by atoms with Crippen LogP contribution in [0.2, 0.25) is 0 Å². The summed E-state index contributed by atoms with van der Waals surface area (Å²) in [5, 5.41) is 2.63. The summed E-state index contributed by atoms with van der Waals surface area (Å²) in [5.74, 6) is 0.420. The predicted octanol–water partition coefficient (Wildman–Crippen LogP) is 3.27. The van der Waals surface area contributed by atoms with Crippen LogP contribution in [0, 0.1) is 0 Å². The quantitative estimate of drug-likeness (QED) is 0.684. The first-order chi connectivity index (χ1) is 14.1. The fraction of sp³-hybridized carbons (Fsp3) is 0.300. The van der Waals surface area contributed by atoms with Gasteiger partial charge in [-0.05, 0) is 51.1 Å². The van der Waals surface area contributed by atoms with Gasteiger partial charge in [-0.2, -0.15) is 0 Å². The van der Waals surface area contributed by atoms with Crippen LogP contribution < -0.4 is 14.4 Å². The van der Waals surface area contributed by atoms with Crippen LogP contribution in [0.3, 0.4) is 0 Å². The zero-order valence-electron chi connectivity index (χ0n) is 16.8. The maximum absolute atomic E-state index is 13.4. The molecule has 0 atom stereocenters. The maximum Gasteiger partial charge on any atom is 0.412 e. The Labute approximate surface area is 174 Å². The first kappa shape index (κ1) is 20.0. The van der Waals surface area contributed by atoms with E-state index in [0.717, 1.165) is 0 Å². The Balaban J connectivity index is 1.67. The minimum absolute atomic E-state index is 0.131. The van der Waals surface area contributed by atoms with E-state index in [0.29, 0.717) is 22.8 Å². The molecule has 1 aliphatic heterocycles. The molecule has 0 saturated heterocycles. The molecule has 0 aliphatic carbocycles. The van der Waals surface area contributed by atoms with Crippen LogP contribution in [0.1, 0.15) is 20.8 Å². The van der Waals surface area contributed by atoms with E-state index in [1.54, 1.807) is 61.8 Å². The maximum atomic E-state index is 13.4. The van der Waals surface area contributed by atoms with E-state index in [4.69, 9.17) is 9.47 Å². The third kappa shape index (κ3) is 3.90. The zero-order valence-corrected chi connectivity index (χ0v) is 17.6. The van der Waals surface area contributed by atoms with E-state index < -0.39 is 21.7 Å². The summed E-state index contributed by atoms with van der Waals surface area (Å²) >= 11 is 0. The summed E-state index contributed by atoms with van der Waals surface area (Å²) in [6.07, 6.45) is 4.18. The average Bonchev–Trinajstić information content (AvgIpc) is 3.13. The van der Waals surface area contributed by atoms with E-state index in [9.17, 15) is 13.2 Å². The van der Waals surface area contributed by atoms with Crippen LogP contribution >= 0.6 is 0 Å². The second kappa shape index (κ2) is 7.21. The smallest absolute Gasteiger partial charge is 0.412 e. The summed E-state index contributed by atoms with van der Waals surface area (Å²) in [6, 6.07) is 8.00. The second-order valence-corrected chi connectivity index (χ2v) is 9.65. The van der Waals surface area contributed by atoms with E-state index in [-0.39, 0.29) is 18.0 Å². The standard InChI is InChI=1S/C20H22N4O5S/c1-20(2,3)29-19(25)22-14-4-6-17-16(12-14)24(10-11-28-17)30(26,27)15-5-7-18-21-8-9-23(18)13-15/h4-9,12-13H,10-11H2,1-3H3,(H,22,25). The van der Waals surface area contributed by atoms with Crippen molar-refractivity contribution in [3.63, 3.8) is 0 Å². The second-order valence-electron chi connectivity index (χ2n) is 7.79. The number of ether oxygens (including phenoxy) is 2. The van der Waals surface area contributed by atoms with E-state index in [1.807, 2.05) is 0 Å². The van der Waals surface area contributed by atoms with Crippen LogP contribution in [-0.4, -0.2) is 42.6 Å². The molecule has 0 saturated carbocycles. The zero-order chi connectivity index (χ0) is 21.5. The number of carbonyl (C=O) groups excluding carboxylic acids is 1. The van der Waals surface area contributed by atoms with Crippen LogP contribution in [0.15, 0.2) is 53.8 Å². The Kier molecular flexibility index (Phi) is 4.81. The Morgan fingerprint density at radius 1 is 1.23 bits per heavy atom. The van der Waals surface area contributed by atoms with Gasteiger partial charge in [0.2, 0.25) is 0 Å². The number of aromatic nitrogens is 2. The number of nitrogens with one attached hydrogen (secondary N) is 1. The molecule has 0 fully saturated rings. The summed E-state index contributed by atoms with van der Waals surface area (Å²) in [7, 11) is -3.86. The molecular formula is C20H22N4O5S. The number of amides is 1. The summed E-state index contributed by atoms with van der Waals surface area (Å²) in [5.41, 5.74) is 0.752. The fourth-order valence-corrected chi connectivity index (χ4v) is 4.58. The largest absolute Gasteiger partial charge is 0.489 e. The lowest BCUT2D eigenvalue weighted by Gasteiger charge is -2.31. The van der Waals surface area contributed by atoms with Gasteiger partial charge in [0.05, 0.1) is 12.2 Å². The van der Waals surface area contributed by atoms with Gasteiger partial charge in [0.15, 0.2) is 0 Å². The van der Waals surface area contributed by atoms with Crippen molar-refractivity contribution in [2.75, 3.05) is 22.8 Å². The number of carbonyl (C=O) groups is 1. The average molecular weight is 430 g/mol. The third-order valence-corrected chi connectivity index (χ3v) is 6.17. The molecule has 1 amide bonds.